The van der Waals surface area contributed by atoms with E-state index in [0.717, 1.165) is 16.7 Å². The van der Waals surface area contributed by atoms with Crippen molar-refractivity contribution in [3.63, 3.8) is 0 Å². The molecule has 0 atom stereocenters. The molecule has 3 heteroatoms. The molecule has 0 bridgehead atoms. The Bertz CT molecular complexity index is 615. The minimum Gasteiger partial charge on any atom is -0.291 e. The number of carbonyl (C=O) groups is 2. The van der Waals surface area contributed by atoms with E-state index in [4.69, 9.17) is 11.6 Å². The molecule has 0 fully saturated rings. The fourth-order valence-corrected chi connectivity index (χ4v) is 1.98. The first-order valence-electron chi connectivity index (χ1n) is 5.95. The van der Waals surface area contributed by atoms with E-state index < -0.39 is 5.78 Å². The number of halogens is 1. The van der Waals surface area contributed by atoms with Crippen molar-refractivity contribution in [1.82, 2.24) is 0 Å². The maximum atomic E-state index is 11.3. The molecule has 96 valence electrons. The van der Waals surface area contributed by atoms with Gasteiger partial charge in [0.25, 0.3) is 0 Å². The van der Waals surface area contributed by atoms with Crippen molar-refractivity contribution in [2.75, 3.05) is 0 Å². The Hall–Kier alpha value is -1.93. The van der Waals surface area contributed by atoms with Gasteiger partial charge in [-0.1, -0.05) is 48.0 Å². The maximum Gasteiger partial charge on any atom is 0.202 e. The van der Waals surface area contributed by atoms with Crippen molar-refractivity contribution in [2.24, 2.45) is 0 Å². The van der Waals surface area contributed by atoms with E-state index in [1.807, 2.05) is 48.5 Å². The molecular formula is C16H13ClO2. The molecule has 0 aliphatic carbocycles. The molecule has 2 aromatic carbocycles. The van der Waals surface area contributed by atoms with Crippen molar-refractivity contribution in [3.05, 3.63) is 59.1 Å². The first kappa shape index (κ1) is 13.5. The monoisotopic (exact) mass is 272 g/mol. The third-order valence-corrected chi connectivity index (χ3v) is 3.10. The Morgan fingerprint density at radius 2 is 1.68 bits per heavy atom. The molecule has 2 aromatic rings. The van der Waals surface area contributed by atoms with Crippen LogP contribution in [0, 0.1) is 0 Å². The van der Waals surface area contributed by atoms with Crippen LogP contribution in [0.5, 0.6) is 0 Å². The Kier molecular flexibility index (Phi) is 4.13. The molecule has 19 heavy (non-hydrogen) atoms. The molecule has 0 unspecified atom stereocenters. The predicted molar refractivity (Wildman–Crippen MR) is 76.3 cm³/mol. The normalized spacial score (nSPS) is 10.2. The van der Waals surface area contributed by atoms with Gasteiger partial charge in [-0.25, -0.2) is 0 Å². The topological polar surface area (TPSA) is 34.1 Å². The molecule has 2 nitrogen and oxygen atoms in total. The lowest BCUT2D eigenvalue weighted by Gasteiger charge is -2.04. The van der Waals surface area contributed by atoms with Crippen molar-refractivity contribution in [2.45, 2.75) is 13.3 Å². The van der Waals surface area contributed by atoms with Crippen LogP contribution in [0.25, 0.3) is 11.1 Å². The maximum absolute atomic E-state index is 11.3. The van der Waals surface area contributed by atoms with Gasteiger partial charge < -0.3 is 0 Å². The first-order chi connectivity index (χ1) is 9.06. The van der Waals surface area contributed by atoms with Gasteiger partial charge in [-0.15, -0.1) is 0 Å². The van der Waals surface area contributed by atoms with Gasteiger partial charge in [0.2, 0.25) is 5.78 Å². The first-order valence-corrected chi connectivity index (χ1v) is 6.33. The highest BCUT2D eigenvalue weighted by Crippen LogP contribution is 2.23. The fraction of sp³-hybridized carbons (Fsp3) is 0.125. The molecule has 0 aliphatic rings. The van der Waals surface area contributed by atoms with Crippen LogP contribution in [0.4, 0.5) is 0 Å². The second-order valence-corrected chi connectivity index (χ2v) is 4.80. The van der Waals surface area contributed by atoms with Gasteiger partial charge >= 0.3 is 0 Å². The highest BCUT2D eigenvalue weighted by atomic mass is 35.5. The van der Waals surface area contributed by atoms with E-state index in [2.05, 4.69) is 0 Å². The number of ketones is 2. The minimum absolute atomic E-state index is 0.158. The van der Waals surface area contributed by atoms with Crippen LogP contribution in [0.3, 0.4) is 0 Å². The lowest BCUT2D eigenvalue weighted by Crippen LogP contribution is -2.12. The van der Waals surface area contributed by atoms with Crippen molar-refractivity contribution < 1.29 is 9.59 Å². The highest BCUT2D eigenvalue weighted by molar-refractivity contribution is 6.36. The van der Waals surface area contributed by atoms with E-state index >= 15 is 0 Å². The molecule has 0 spiro atoms. The van der Waals surface area contributed by atoms with Crippen molar-refractivity contribution in [1.29, 1.82) is 0 Å². The number of Topliss-reactive ketones (excluding diaryl/α,β-unsaturated/α-hetero) is 2. The minimum atomic E-state index is -0.404. The molecule has 0 amide bonds. The molecule has 0 saturated heterocycles. The van der Waals surface area contributed by atoms with E-state index in [0.29, 0.717) is 5.02 Å². The number of carbonyl (C=O) groups excluding carboxylic acids is 2. The zero-order valence-electron chi connectivity index (χ0n) is 10.5. The summed E-state index contributed by atoms with van der Waals surface area (Å²) in [5, 5.41) is 0.688. The smallest absolute Gasteiger partial charge is 0.202 e. The number of benzene rings is 2. The van der Waals surface area contributed by atoms with Gasteiger partial charge in [0.05, 0.1) is 0 Å². The van der Waals surface area contributed by atoms with Gasteiger partial charge in [0.15, 0.2) is 5.78 Å². The van der Waals surface area contributed by atoms with Crippen LogP contribution < -0.4 is 0 Å². The van der Waals surface area contributed by atoms with Gasteiger partial charge in [-0.05, 0) is 28.8 Å². The van der Waals surface area contributed by atoms with Crippen LogP contribution in [-0.4, -0.2) is 11.6 Å². The quantitative estimate of drug-likeness (QED) is 0.795. The van der Waals surface area contributed by atoms with Gasteiger partial charge in [-0.2, -0.15) is 0 Å². The Balaban J connectivity index is 2.19. The average Bonchev–Trinajstić information content (AvgIpc) is 2.39. The average molecular weight is 273 g/mol. The third kappa shape index (κ3) is 3.52. The lowest BCUT2D eigenvalue weighted by molar-refractivity contribution is -0.134. The van der Waals surface area contributed by atoms with E-state index in [-0.39, 0.29) is 12.2 Å². The lowest BCUT2D eigenvalue weighted by atomic mass is 10.0. The molecule has 2 rings (SSSR count). The third-order valence-electron chi connectivity index (χ3n) is 2.87. The van der Waals surface area contributed by atoms with Crippen molar-refractivity contribution >= 4 is 23.2 Å². The summed E-state index contributed by atoms with van der Waals surface area (Å²) < 4.78 is 0. The van der Waals surface area contributed by atoms with Crippen LogP contribution in [-0.2, 0) is 16.0 Å². The second kappa shape index (κ2) is 5.81. The second-order valence-electron chi connectivity index (χ2n) is 4.36. The fourth-order valence-electron chi connectivity index (χ4n) is 1.79. The molecule has 0 heterocycles. The number of hydrogen-bond donors (Lipinski definition) is 0. The molecule has 0 aliphatic heterocycles. The highest BCUT2D eigenvalue weighted by Gasteiger charge is 2.08. The summed E-state index contributed by atoms with van der Waals surface area (Å²) in [7, 11) is 0. The summed E-state index contributed by atoms with van der Waals surface area (Å²) in [5.74, 6) is -0.769. The largest absolute Gasteiger partial charge is 0.291 e. The van der Waals surface area contributed by atoms with Crippen LogP contribution in [0.2, 0.25) is 5.02 Å². The van der Waals surface area contributed by atoms with Crippen LogP contribution in [0.15, 0.2) is 48.5 Å². The van der Waals surface area contributed by atoms with E-state index in [9.17, 15) is 9.59 Å². The van der Waals surface area contributed by atoms with E-state index in [1.54, 1.807) is 0 Å². The summed E-state index contributed by atoms with van der Waals surface area (Å²) in [4.78, 5) is 22.3. The van der Waals surface area contributed by atoms with Gasteiger partial charge in [0, 0.05) is 18.4 Å². The summed E-state index contributed by atoms with van der Waals surface area (Å²) in [6, 6.07) is 15.1. The zero-order chi connectivity index (χ0) is 13.8. The SMILES string of the molecule is CC(=O)C(=O)Cc1ccc(-c2cccc(Cl)c2)cc1. The standard InChI is InChI=1S/C16H13ClO2/c1-11(18)16(19)9-12-5-7-13(8-6-12)14-3-2-4-15(17)10-14/h2-8,10H,9H2,1H3. The summed E-state index contributed by atoms with van der Waals surface area (Å²) >= 11 is 5.95. The molecule has 0 aromatic heterocycles. The van der Waals surface area contributed by atoms with Crippen molar-refractivity contribution in [3.8, 4) is 11.1 Å². The molecular weight excluding hydrogens is 260 g/mol. The Morgan fingerprint density at radius 3 is 2.26 bits per heavy atom. The summed E-state index contributed by atoms with van der Waals surface area (Å²) in [6.45, 7) is 1.29. The zero-order valence-corrected chi connectivity index (χ0v) is 11.3. The van der Waals surface area contributed by atoms with Gasteiger partial charge in [-0.3, -0.25) is 9.59 Å². The predicted octanol–water partition coefficient (Wildman–Crippen LogP) is 3.71. The van der Waals surface area contributed by atoms with Crippen LogP contribution >= 0.6 is 11.6 Å². The Morgan fingerprint density at radius 1 is 1.00 bits per heavy atom. The van der Waals surface area contributed by atoms with E-state index in [1.165, 1.54) is 6.92 Å². The number of rotatable bonds is 4. The summed E-state index contributed by atoms with van der Waals surface area (Å²) in [5.41, 5.74) is 2.89. The molecule has 0 radical (unpaired) electrons. The number of hydrogen-bond acceptors (Lipinski definition) is 2. The Labute approximate surface area is 117 Å². The molecule has 0 N–H and O–H groups in total. The molecule has 0 saturated carbocycles. The van der Waals surface area contributed by atoms with Crippen LogP contribution in [0.1, 0.15) is 12.5 Å². The van der Waals surface area contributed by atoms with Gasteiger partial charge in [0.1, 0.15) is 0 Å². The summed E-state index contributed by atoms with van der Waals surface area (Å²) in [6.07, 6.45) is 0.158.